The van der Waals surface area contributed by atoms with Crippen LogP contribution in [0, 0.1) is 10.1 Å². The molecule has 0 atom stereocenters. The maximum absolute atomic E-state index is 12.4. The van der Waals surface area contributed by atoms with Gasteiger partial charge in [-0.05, 0) is 79.4 Å². The van der Waals surface area contributed by atoms with Gasteiger partial charge in [-0.2, -0.15) is 5.10 Å². The fourth-order valence-corrected chi connectivity index (χ4v) is 4.62. The molecule has 0 fully saturated rings. The summed E-state index contributed by atoms with van der Waals surface area (Å²) in [4.78, 5) is 33.7. The Bertz CT molecular complexity index is 1490. The van der Waals surface area contributed by atoms with Crippen molar-refractivity contribution in [3.63, 3.8) is 0 Å². The summed E-state index contributed by atoms with van der Waals surface area (Å²) >= 11 is 6.90. The SMILES string of the molecule is O=C(O)c1ccc(COc2c(Br)cc(/C=N/NC(=O)c3cc4cc([N+](=O)[O-])ccc4o3)cc2Br)cc1. The number of benzene rings is 3. The molecular weight excluding hydrogens is 602 g/mol. The van der Waals surface area contributed by atoms with E-state index in [0.717, 1.165) is 5.56 Å². The number of amides is 1. The number of nitro benzene ring substituents is 1. The van der Waals surface area contributed by atoms with Gasteiger partial charge in [0.25, 0.3) is 5.69 Å². The number of halogens is 2. The first kappa shape index (κ1) is 25.1. The Morgan fingerprint density at radius 2 is 1.78 bits per heavy atom. The summed E-state index contributed by atoms with van der Waals surface area (Å²) in [6.45, 7) is 0.223. The number of nitro groups is 1. The standard InChI is InChI=1S/C24H15Br2N3O7/c25-18-7-14(8-19(26)22(18)35-12-13-1-3-15(4-2-13)24(31)32)11-27-28-23(30)21-10-16-9-17(29(33)34)5-6-20(16)36-21/h1-11H,12H2,(H,28,30)(H,31,32)/b27-11+. The van der Waals surface area contributed by atoms with Crippen LogP contribution < -0.4 is 10.2 Å². The maximum atomic E-state index is 12.4. The lowest BCUT2D eigenvalue weighted by Crippen LogP contribution is -2.16. The fourth-order valence-electron chi connectivity index (χ4n) is 3.17. The molecule has 0 aliphatic heterocycles. The van der Waals surface area contributed by atoms with E-state index in [4.69, 9.17) is 14.3 Å². The highest BCUT2D eigenvalue weighted by molar-refractivity contribution is 9.11. The molecule has 0 aliphatic carbocycles. The Morgan fingerprint density at radius 1 is 1.08 bits per heavy atom. The van der Waals surface area contributed by atoms with Crippen LogP contribution in [0.2, 0.25) is 0 Å². The van der Waals surface area contributed by atoms with Crippen molar-refractivity contribution >= 4 is 66.6 Å². The van der Waals surface area contributed by atoms with E-state index in [1.54, 1.807) is 24.3 Å². The van der Waals surface area contributed by atoms with Crippen LogP contribution in [0.4, 0.5) is 5.69 Å². The van der Waals surface area contributed by atoms with Crippen LogP contribution >= 0.6 is 31.9 Å². The molecule has 182 valence electrons. The first-order chi connectivity index (χ1) is 17.2. The summed E-state index contributed by atoms with van der Waals surface area (Å²) in [6.07, 6.45) is 1.43. The second-order valence-corrected chi connectivity index (χ2v) is 9.10. The molecule has 0 aliphatic rings. The van der Waals surface area contributed by atoms with E-state index in [9.17, 15) is 19.7 Å². The molecule has 36 heavy (non-hydrogen) atoms. The lowest BCUT2D eigenvalue weighted by atomic mass is 10.1. The Kier molecular flexibility index (Phi) is 7.46. The molecular formula is C24H15Br2N3O7. The van der Waals surface area contributed by atoms with Crippen LogP contribution in [0.5, 0.6) is 5.75 Å². The highest BCUT2D eigenvalue weighted by Gasteiger charge is 2.15. The van der Waals surface area contributed by atoms with Gasteiger partial charge in [0.15, 0.2) is 5.76 Å². The zero-order chi connectivity index (χ0) is 25.8. The van der Waals surface area contributed by atoms with Crippen molar-refractivity contribution in [2.24, 2.45) is 5.10 Å². The number of hydrogen-bond donors (Lipinski definition) is 2. The summed E-state index contributed by atoms with van der Waals surface area (Å²) in [6, 6.07) is 15.3. The van der Waals surface area contributed by atoms with Crippen LogP contribution in [-0.2, 0) is 6.61 Å². The molecule has 2 N–H and O–H groups in total. The number of carboxylic acid groups (broad SMARTS) is 1. The van der Waals surface area contributed by atoms with Crippen LogP contribution in [-0.4, -0.2) is 28.1 Å². The van der Waals surface area contributed by atoms with Crippen molar-refractivity contribution in [1.82, 2.24) is 5.43 Å². The molecule has 0 saturated heterocycles. The average molecular weight is 617 g/mol. The van der Waals surface area contributed by atoms with E-state index >= 15 is 0 Å². The van der Waals surface area contributed by atoms with Gasteiger partial charge in [-0.1, -0.05) is 12.1 Å². The number of carbonyl (C=O) groups excluding carboxylic acids is 1. The Hall–Kier alpha value is -4.03. The summed E-state index contributed by atoms with van der Waals surface area (Å²) in [5, 5.41) is 24.3. The monoisotopic (exact) mass is 615 g/mol. The van der Waals surface area contributed by atoms with Crippen molar-refractivity contribution in [2.45, 2.75) is 6.61 Å². The van der Waals surface area contributed by atoms with Gasteiger partial charge in [0, 0.05) is 17.5 Å². The Labute approximate surface area is 220 Å². The molecule has 1 aromatic heterocycles. The highest BCUT2D eigenvalue weighted by Crippen LogP contribution is 2.35. The van der Waals surface area contributed by atoms with Crippen molar-refractivity contribution in [2.75, 3.05) is 0 Å². The van der Waals surface area contributed by atoms with Crippen molar-refractivity contribution in [1.29, 1.82) is 0 Å². The number of nitrogens with zero attached hydrogens (tertiary/aromatic N) is 2. The summed E-state index contributed by atoms with van der Waals surface area (Å²) < 4.78 is 12.5. The smallest absolute Gasteiger partial charge is 0.335 e. The number of non-ortho nitro benzene ring substituents is 1. The number of furan rings is 1. The molecule has 4 aromatic rings. The molecule has 0 unspecified atom stereocenters. The minimum atomic E-state index is -0.995. The maximum Gasteiger partial charge on any atom is 0.335 e. The topological polar surface area (TPSA) is 144 Å². The van der Waals surface area contributed by atoms with E-state index in [2.05, 4.69) is 42.4 Å². The van der Waals surface area contributed by atoms with Gasteiger partial charge in [-0.25, -0.2) is 10.2 Å². The van der Waals surface area contributed by atoms with Crippen LogP contribution in [0.3, 0.4) is 0 Å². The van der Waals surface area contributed by atoms with Gasteiger partial charge in [-0.3, -0.25) is 14.9 Å². The summed E-state index contributed by atoms with van der Waals surface area (Å²) in [7, 11) is 0. The first-order valence-electron chi connectivity index (χ1n) is 10.2. The molecule has 0 saturated carbocycles. The summed E-state index contributed by atoms with van der Waals surface area (Å²) in [5.74, 6) is -1.11. The molecule has 4 rings (SSSR count). The number of aromatic carboxylic acids is 1. The zero-order valence-corrected chi connectivity index (χ0v) is 21.3. The molecule has 0 spiro atoms. The quantitative estimate of drug-likeness (QED) is 0.142. The van der Waals surface area contributed by atoms with Gasteiger partial charge in [0.2, 0.25) is 0 Å². The molecule has 0 bridgehead atoms. The molecule has 1 amide bonds. The zero-order valence-electron chi connectivity index (χ0n) is 18.1. The van der Waals surface area contributed by atoms with Gasteiger partial charge >= 0.3 is 11.9 Å². The van der Waals surface area contributed by atoms with Crippen molar-refractivity contribution in [3.8, 4) is 5.75 Å². The Balaban J connectivity index is 1.39. The fraction of sp³-hybridized carbons (Fsp3) is 0.0417. The minimum absolute atomic E-state index is 0.0369. The van der Waals surface area contributed by atoms with E-state index in [1.807, 2.05) is 0 Å². The van der Waals surface area contributed by atoms with Crippen LogP contribution in [0.25, 0.3) is 11.0 Å². The molecule has 12 heteroatoms. The summed E-state index contributed by atoms with van der Waals surface area (Å²) in [5.41, 5.74) is 4.24. The van der Waals surface area contributed by atoms with Gasteiger partial charge in [0.05, 0.1) is 25.6 Å². The lowest BCUT2D eigenvalue weighted by Gasteiger charge is -2.11. The molecule has 3 aromatic carbocycles. The second-order valence-electron chi connectivity index (χ2n) is 7.39. The molecule has 0 radical (unpaired) electrons. The number of ether oxygens (including phenoxy) is 1. The van der Waals surface area contributed by atoms with Gasteiger partial charge in [0.1, 0.15) is 17.9 Å². The average Bonchev–Trinajstić information content (AvgIpc) is 3.27. The van der Waals surface area contributed by atoms with Gasteiger partial charge in [-0.15, -0.1) is 0 Å². The molecule has 10 nitrogen and oxygen atoms in total. The van der Waals surface area contributed by atoms with E-state index in [0.29, 0.717) is 31.2 Å². The lowest BCUT2D eigenvalue weighted by molar-refractivity contribution is -0.384. The minimum Gasteiger partial charge on any atom is -0.487 e. The number of hydrazone groups is 1. The number of rotatable bonds is 8. The predicted octanol–water partition coefficient (Wildman–Crippen LogP) is 5.91. The number of hydrogen-bond acceptors (Lipinski definition) is 7. The number of nitrogens with one attached hydrogen (secondary N) is 1. The molecule has 1 heterocycles. The van der Waals surface area contributed by atoms with Crippen molar-refractivity contribution in [3.05, 3.63) is 102 Å². The van der Waals surface area contributed by atoms with Crippen LogP contribution in [0.15, 0.2) is 79.1 Å². The third-order valence-electron chi connectivity index (χ3n) is 4.92. The predicted molar refractivity (Wildman–Crippen MR) is 138 cm³/mol. The number of carbonyl (C=O) groups is 2. The van der Waals surface area contributed by atoms with E-state index in [-0.39, 0.29) is 23.6 Å². The third kappa shape index (κ3) is 5.78. The van der Waals surface area contributed by atoms with E-state index in [1.165, 1.54) is 42.6 Å². The van der Waals surface area contributed by atoms with Gasteiger partial charge < -0.3 is 14.3 Å². The Morgan fingerprint density at radius 3 is 2.42 bits per heavy atom. The number of carboxylic acids is 1. The van der Waals surface area contributed by atoms with E-state index < -0.39 is 16.8 Å². The largest absolute Gasteiger partial charge is 0.487 e. The van der Waals surface area contributed by atoms with Crippen molar-refractivity contribution < 1.29 is 28.8 Å². The normalized spacial score (nSPS) is 11.1. The number of fused-ring (bicyclic) bond motifs is 1. The third-order valence-corrected chi connectivity index (χ3v) is 6.10. The van der Waals surface area contributed by atoms with Crippen LogP contribution in [0.1, 0.15) is 32.0 Å². The first-order valence-corrected chi connectivity index (χ1v) is 11.8. The highest BCUT2D eigenvalue weighted by atomic mass is 79.9. The second kappa shape index (κ2) is 10.7.